The van der Waals surface area contributed by atoms with E-state index in [1.807, 2.05) is 0 Å². The van der Waals surface area contributed by atoms with Crippen molar-refractivity contribution in [3.63, 3.8) is 0 Å². The summed E-state index contributed by atoms with van der Waals surface area (Å²) in [6.45, 7) is 2.24. The van der Waals surface area contributed by atoms with Crippen LogP contribution in [0.2, 0.25) is 5.02 Å². The number of halogens is 4. The first-order valence-corrected chi connectivity index (χ1v) is 11.3. The lowest BCUT2D eigenvalue weighted by Gasteiger charge is -2.28. The highest BCUT2D eigenvalue weighted by Gasteiger charge is 2.21. The Labute approximate surface area is 177 Å². The summed E-state index contributed by atoms with van der Waals surface area (Å²) in [5, 5.41) is -0.0636. The molecule has 0 amide bonds. The molecule has 2 aromatic rings. The quantitative estimate of drug-likeness (QED) is 0.373. The van der Waals surface area contributed by atoms with E-state index >= 15 is 0 Å². The predicted molar refractivity (Wildman–Crippen MR) is 115 cm³/mol. The SMILES string of the molecule is CCCCC[C@H]1CC[C@H](CCc2cc(F)c(-c3ccc(Cl)c(F)c3)c(F)c2)CC1. The van der Waals surface area contributed by atoms with Gasteiger partial charge >= 0.3 is 0 Å². The third kappa shape index (κ3) is 6.01. The van der Waals surface area contributed by atoms with Gasteiger partial charge < -0.3 is 0 Å². The molecule has 158 valence electrons. The van der Waals surface area contributed by atoms with Crippen LogP contribution >= 0.6 is 11.6 Å². The normalized spacial score (nSPS) is 19.5. The van der Waals surface area contributed by atoms with Crippen molar-refractivity contribution in [1.82, 2.24) is 0 Å². The van der Waals surface area contributed by atoms with E-state index in [0.29, 0.717) is 17.9 Å². The zero-order valence-electron chi connectivity index (χ0n) is 17.1. The minimum atomic E-state index is -0.683. The molecule has 0 heterocycles. The predicted octanol–water partition coefficient (Wildman–Crippen LogP) is 8.74. The zero-order chi connectivity index (χ0) is 20.8. The van der Waals surface area contributed by atoms with Gasteiger partial charge in [0.15, 0.2) is 0 Å². The summed E-state index contributed by atoms with van der Waals surface area (Å²) in [6.07, 6.45) is 12.0. The standard InChI is InChI=1S/C25H30ClF3/c1-2-3-4-5-17-6-8-18(9-7-17)10-11-19-14-23(28)25(24(29)15-19)20-12-13-21(26)22(27)16-20/h12-18H,2-11H2,1H3/t17-,18-. The number of hydrogen-bond donors (Lipinski definition) is 0. The van der Waals surface area contributed by atoms with Crippen molar-refractivity contribution in [3.05, 3.63) is 58.4 Å². The lowest BCUT2D eigenvalue weighted by Crippen LogP contribution is -2.15. The van der Waals surface area contributed by atoms with Crippen LogP contribution in [0.3, 0.4) is 0 Å². The first-order valence-electron chi connectivity index (χ1n) is 10.9. The molecule has 2 aromatic carbocycles. The van der Waals surface area contributed by atoms with E-state index < -0.39 is 17.5 Å². The Morgan fingerprint density at radius 3 is 2.03 bits per heavy atom. The second-order valence-corrected chi connectivity index (χ2v) is 8.89. The Balaban J connectivity index is 1.57. The Morgan fingerprint density at radius 2 is 1.45 bits per heavy atom. The highest BCUT2D eigenvalue weighted by Crippen LogP contribution is 2.35. The first-order chi connectivity index (χ1) is 14.0. The maximum absolute atomic E-state index is 14.6. The zero-order valence-corrected chi connectivity index (χ0v) is 17.9. The molecular weight excluding hydrogens is 393 g/mol. The molecule has 0 N–H and O–H groups in total. The molecule has 0 spiro atoms. The molecule has 0 radical (unpaired) electrons. The Hall–Kier alpha value is -1.48. The summed E-state index contributed by atoms with van der Waals surface area (Å²) in [4.78, 5) is 0. The fourth-order valence-electron chi connectivity index (χ4n) is 4.56. The molecule has 29 heavy (non-hydrogen) atoms. The van der Waals surface area contributed by atoms with Gasteiger partial charge in [-0.05, 0) is 60.1 Å². The molecule has 1 saturated carbocycles. The number of hydrogen-bond acceptors (Lipinski definition) is 0. The van der Waals surface area contributed by atoms with Gasteiger partial charge in [-0.25, -0.2) is 13.2 Å². The van der Waals surface area contributed by atoms with Gasteiger partial charge in [0.05, 0.1) is 10.6 Å². The van der Waals surface area contributed by atoms with Gasteiger partial charge in [0.1, 0.15) is 17.5 Å². The van der Waals surface area contributed by atoms with Crippen molar-refractivity contribution >= 4 is 11.6 Å². The molecule has 0 bridgehead atoms. The van der Waals surface area contributed by atoms with E-state index in [1.54, 1.807) is 0 Å². The molecule has 4 heteroatoms. The van der Waals surface area contributed by atoms with E-state index in [4.69, 9.17) is 11.6 Å². The van der Waals surface area contributed by atoms with Gasteiger partial charge in [0.2, 0.25) is 0 Å². The molecule has 0 atom stereocenters. The van der Waals surface area contributed by atoms with E-state index in [0.717, 1.165) is 18.4 Å². The van der Waals surface area contributed by atoms with E-state index in [1.165, 1.54) is 75.6 Å². The average molecular weight is 423 g/mol. The van der Waals surface area contributed by atoms with E-state index in [2.05, 4.69) is 6.92 Å². The minimum absolute atomic E-state index is 0.0636. The van der Waals surface area contributed by atoms with Crippen LogP contribution in [0.15, 0.2) is 30.3 Å². The van der Waals surface area contributed by atoms with Gasteiger partial charge in [-0.2, -0.15) is 0 Å². The molecule has 1 aliphatic rings. The van der Waals surface area contributed by atoms with Crippen LogP contribution in [0.4, 0.5) is 13.2 Å². The number of aryl methyl sites for hydroxylation is 1. The number of rotatable bonds is 8. The van der Waals surface area contributed by atoms with E-state index in [9.17, 15) is 13.2 Å². The fourth-order valence-corrected chi connectivity index (χ4v) is 4.68. The largest absolute Gasteiger partial charge is 0.206 e. The molecule has 3 rings (SSSR count). The van der Waals surface area contributed by atoms with Crippen molar-refractivity contribution in [3.8, 4) is 11.1 Å². The molecular formula is C25H30ClF3. The van der Waals surface area contributed by atoms with Crippen molar-refractivity contribution in [1.29, 1.82) is 0 Å². The summed E-state index contributed by atoms with van der Waals surface area (Å²) in [7, 11) is 0. The summed E-state index contributed by atoms with van der Waals surface area (Å²) in [6, 6.07) is 6.61. The van der Waals surface area contributed by atoms with Gasteiger partial charge in [-0.15, -0.1) is 0 Å². The van der Waals surface area contributed by atoms with Crippen molar-refractivity contribution in [2.45, 2.75) is 71.1 Å². The second kappa shape index (κ2) is 10.5. The first kappa shape index (κ1) is 22.2. The second-order valence-electron chi connectivity index (χ2n) is 8.48. The smallest absolute Gasteiger partial charge is 0.142 e. The van der Waals surface area contributed by atoms with Crippen LogP contribution in [-0.4, -0.2) is 0 Å². The summed E-state index contributed by atoms with van der Waals surface area (Å²) >= 11 is 5.67. The van der Waals surface area contributed by atoms with Crippen LogP contribution < -0.4 is 0 Å². The van der Waals surface area contributed by atoms with Crippen LogP contribution in [0.1, 0.15) is 70.3 Å². The Kier molecular flexibility index (Phi) is 8.06. The maximum Gasteiger partial charge on any atom is 0.142 e. The molecule has 0 saturated heterocycles. The molecule has 0 aliphatic heterocycles. The third-order valence-electron chi connectivity index (χ3n) is 6.33. The van der Waals surface area contributed by atoms with Crippen molar-refractivity contribution in [2.24, 2.45) is 11.8 Å². The minimum Gasteiger partial charge on any atom is -0.206 e. The summed E-state index contributed by atoms with van der Waals surface area (Å²) in [5.74, 6) is -0.472. The molecule has 1 aliphatic carbocycles. The van der Waals surface area contributed by atoms with Crippen molar-refractivity contribution < 1.29 is 13.2 Å². The topological polar surface area (TPSA) is 0 Å². The summed E-state index contributed by atoms with van der Waals surface area (Å²) in [5.41, 5.74) is 0.634. The van der Waals surface area contributed by atoms with E-state index in [-0.39, 0.29) is 16.1 Å². The third-order valence-corrected chi connectivity index (χ3v) is 6.64. The Bertz CT molecular complexity index is 787. The monoisotopic (exact) mass is 422 g/mol. The average Bonchev–Trinajstić information content (AvgIpc) is 2.70. The number of unbranched alkanes of at least 4 members (excludes halogenated alkanes) is 2. The van der Waals surface area contributed by atoms with Crippen LogP contribution in [0.5, 0.6) is 0 Å². The van der Waals surface area contributed by atoms with Crippen molar-refractivity contribution in [2.75, 3.05) is 0 Å². The van der Waals surface area contributed by atoms with Gasteiger partial charge in [0, 0.05) is 0 Å². The lowest BCUT2D eigenvalue weighted by atomic mass is 9.77. The van der Waals surface area contributed by atoms with Crippen LogP contribution in [0, 0.1) is 29.3 Å². The van der Waals surface area contributed by atoms with Gasteiger partial charge in [-0.3, -0.25) is 0 Å². The number of benzene rings is 2. The van der Waals surface area contributed by atoms with Gasteiger partial charge in [0.25, 0.3) is 0 Å². The highest BCUT2D eigenvalue weighted by molar-refractivity contribution is 6.30. The Morgan fingerprint density at radius 1 is 0.828 bits per heavy atom. The molecule has 0 nitrogen and oxygen atoms in total. The highest BCUT2D eigenvalue weighted by atomic mass is 35.5. The van der Waals surface area contributed by atoms with Gasteiger partial charge in [-0.1, -0.05) is 76.0 Å². The molecule has 1 fully saturated rings. The maximum atomic E-state index is 14.6. The molecule has 0 unspecified atom stereocenters. The fraction of sp³-hybridized carbons (Fsp3) is 0.520. The lowest BCUT2D eigenvalue weighted by molar-refractivity contribution is 0.249. The molecule has 0 aromatic heterocycles. The van der Waals surface area contributed by atoms with Crippen LogP contribution in [0.25, 0.3) is 11.1 Å². The van der Waals surface area contributed by atoms with Crippen LogP contribution in [-0.2, 0) is 6.42 Å². The summed E-state index contributed by atoms with van der Waals surface area (Å²) < 4.78 is 42.9.